The average molecular weight is 425 g/mol. The van der Waals surface area contributed by atoms with Gasteiger partial charge >= 0.3 is 0 Å². The van der Waals surface area contributed by atoms with Crippen molar-refractivity contribution in [1.82, 2.24) is 19.5 Å². The Kier molecular flexibility index (Phi) is 6.18. The van der Waals surface area contributed by atoms with Crippen molar-refractivity contribution < 1.29 is 9.59 Å². The third kappa shape index (κ3) is 4.13. The highest BCUT2D eigenvalue weighted by Crippen LogP contribution is 2.31. The summed E-state index contributed by atoms with van der Waals surface area (Å²) in [5.41, 5.74) is 2.62. The Morgan fingerprint density at radius 3 is 2.55 bits per heavy atom. The lowest BCUT2D eigenvalue weighted by atomic mass is 9.88. The fraction of sp³-hybridized carbons (Fsp3) is 0.680. The number of fused-ring (bicyclic) bond motifs is 1. The van der Waals surface area contributed by atoms with Crippen molar-refractivity contribution in [2.75, 3.05) is 6.54 Å². The quantitative estimate of drug-likeness (QED) is 0.658. The van der Waals surface area contributed by atoms with Crippen LogP contribution in [-0.4, -0.2) is 43.3 Å². The number of hydrogen-bond acceptors (Lipinski definition) is 4. The second-order valence-electron chi connectivity index (χ2n) is 9.88. The van der Waals surface area contributed by atoms with E-state index in [0.29, 0.717) is 36.9 Å². The Morgan fingerprint density at radius 2 is 1.87 bits per heavy atom. The molecule has 31 heavy (non-hydrogen) atoms. The van der Waals surface area contributed by atoms with Crippen molar-refractivity contribution in [3.05, 3.63) is 29.2 Å². The highest BCUT2D eigenvalue weighted by atomic mass is 16.2. The normalized spacial score (nSPS) is 19.6. The minimum Gasteiger partial charge on any atom is -0.325 e. The first kappa shape index (κ1) is 22.0. The van der Waals surface area contributed by atoms with E-state index >= 15 is 0 Å². The topological polar surface area (TPSA) is 67.6 Å². The zero-order valence-corrected chi connectivity index (χ0v) is 19.5. The van der Waals surface area contributed by atoms with Crippen LogP contribution in [0.4, 0.5) is 0 Å². The Balaban J connectivity index is 1.73. The molecular formula is C25H36N4O2. The minimum atomic E-state index is -0.787. The van der Waals surface area contributed by atoms with E-state index < -0.39 is 5.54 Å². The van der Waals surface area contributed by atoms with E-state index in [0.717, 1.165) is 36.3 Å². The van der Waals surface area contributed by atoms with Gasteiger partial charge in [-0.25, -0.2) is 9.50 Å². The van der Waals surface area contributed by atoms with Crippen molar-refractivity contribution in [3.63, 3.8) is 0 Å². The third-order valence-corrected chi connectivity index (χ3v) is 7.49. The zero-order valence-electron chi connectivity index (χ0n) is 19.5. The Hall–Kier alpha value is -2.24. The lowest BCUT2D eigenvalue weighted by Gasteiger charge is -2.40. The SMILES string of the molecule is CCC(CC)c1cc(CC2CCCC2)nc2cc(C(=O)N3CCCC(=O)C3(C)C)nn12. The van der Waals surface area contributed by atoms with Gasteiger partial charge in [-0.3, -0.25) is 9.59 Å². The minimum absolute atomic E-state index is 0.116. The maximum Gasteiger partial charge on any atom is 0.275 e. The number of carbonyl (C=O) groups is 2. The van der Waals surface area contributed by atoms with Crippen LogP contribution in [0.1, 0.15) is 107 Å². The van der Waals surface area contributed by atoms with E-state index in [9.17, 15) is 9.59 Å². The van der Waals surface area contributed by atoms with Crippen molar-refractivity contribution in [2.45, 2.75) is 96.9 Å². The van der Waals surface area contributed by atoms with E-state index in [1.165, 1.54) is 25.7 Å². The summed E-state index contributed by atoms with van der Waals surface area (Å²) in [4.78, 5) is 32.4. The first-order valence-electron chi connectivity index (χ1n) is 12.1. The number of rotatable bonds is 6. The summed E-state index contributed by atoms with van der Waals surface area (Å²) in [7, 11) is 0. The maximum absolute atomic E-state index is 13.4. The third-order valence-electron chi connectivity index (χ3n) is 7.49. The Labute approximate surface area is 185 Å². The number of aromatic nitrogens is 3. The molecule has 168 valence electrons. The summed E-state index contributed by atoms with van der Waals surface area (Å²) in [5, 5.41) is 4.72. The molecule has 2 aromatic heterocycles. The number of amides is 1. The van der Waals surface area contributed by atoms with Crippen LogP contribution in [0, 0.1) is 5.92 Å². The molecule has 1 aliphatic heterocycles. The van der Waals surface area contributed by atoms with Gasteiger partial charge in [0, 0.05) is 36.3 Å². The van der Waals surface area contributed by atoms with Gasteiger partial charge in [0.2, 0.25) is 0 Å². The predicted molar refractivity (Wildman–Crippen MR) is 121 cm³/mol. The lowest BCUT2D eigenvalue weighted by molar-refractivity contribution is -0.130. The molecule has 0 bridgehead atoms. The lowest BCUT2D eigenvalue weighted by Crippen LogP contribution is -2.56. The summed E-state index contributed by atoms with van der Waals surface area (Å²) >= 11 is 0. The molecule has 1 amide bonds. The maximum atomic E-state index is 13.4. The van der Waals surface area contributed by atoms with E-state index in [1.807, 2.05) is 24.4 Å². The van der Waals surface area contributed by atoms with Gasteiger partial charge in [-0.2, -0.15) is 5.10 Å². The molecule has 1 saturated carbocycles. The van der Waals surface area contributed by atoms with E-state index in [4.69, 9.17) is 10.1 Å². The van der Waals surface area contributed by atoms with Crippen LogP contribution in [0.15, 0.2) is 12.1 Å². The Morgan fingerprint density at radius 1 is 1.16 bits per heavy atom. The highest BCUT2D eigenvalue weighted by molar-refractivity contribution is 5.99. The van der Waals surface area contributed by atoms with Gasteiger partial charge < -0.3 is 4.90 Å². The summed E-state index contributed by atoms with van der Waals surface area (Å²) in [6.45, 7) is 8.68. The number of piperidine rings is 1. The first-order valence-corrected chi connectivity index (χ1v) is 12.1. The van der Waals surface area contributed by atoms with Gasteiger partial charge in [-0.1, -0.05) is 39.5 Å². The van der Waals surface area contributed by atoms with Gasteiger partial charge in [0.25, 0.3) is 5.91 Å². The average Bonchev–Trinajstić information content (AvgIpc) is 3.40. The molecule has 6 nitrogen and oxygen atoms in total. The number of Topliss-reactive ketones (excluding diaryl/α,β-unsaturated/α-hetero) is 1. The number of nitrogens with zero attached hydrogens (tertiary/aromatic N) is 4. The molecule has 0 spiro atoms. The monoisotopic (exact) mass is 424 g/mol. The molecule has 0 atom stereocenters. The smallest absolute Gasteiger partial charge is 0.275 e. The number of hydrogen-bond donors (Lipinski definition) is 0. The van der Waals surface area contributed by atoms with Crippen molar-refractivity contribution in [2.24, 2.45) is 5.92 Å². The van der Waals surface area contributed by atoms with Gasteiger partial charge in [0.05, 0.1) is 5.54 Å². The standard InChI is InChI=1S/C25H36N4O2/c1-5-18(6-2)21-15-19(14-17-10-7-8-11-17)26-23-16-20(27-29(21)23)24(31)28-13-9-12-22(30)25(28,3)4/h15-18H,5-14H2,1-4H3. The fourth-order valence-electron chi connectivity index (χ4n) is 5.40. The second-order valence-corrected chi connectivity index (χ2v) is 9.88. The summed E-state index contributed by atoms with van der Waals surface area (Å²) in [6.07, 6.45) is 9.51. The molecule has 0 N–H and O–H groups in total. The molecule has 0 radical (unpaired) electrons. The van der Waals surface area contributed by atoms with Gasteiger partial charge in [-0.05, 0) is 51.5 Å². The van der Waals surface area contributed by atoms with Crippen molar-refractivity contribution >= 4 is 17.3 Å². The number of carbonyl (C=O) groups excluding carboxylic acids is 2. The molecule has 6 heteroatoms. The van der Waals surface area contributed by atoms with Crippen LogP contribution in [-0.2, 0) is 11.2 Å². The second kappa shape index (κ2) is 8.71. The zero-order chi connectivity index (χ0) is 22.2. The predicted octanol–water partition coefficient (Wildman–Crippen LogP) is 4.95. The van der Waals surface area contributed by atoms with E-state index in [1.54, 1.807) is 4.90 Å². The largest absolute Gasteiger partial charge is 0.325 e. The Bertz CT molecular complexity index is 967. The van der Waals surface area contributed by atoms with E-state index in [2.05, 4.69) is 19.9 Å². The molecule has 3 heterocycles. The van der Waals surface area contributed by atoms with Gasteiger partial charge in [0.15, 0.2) is 17.1 Å². The molecule has 0 aromatic carbocycles. The van der Waals surface area contributed by atoms with Crippen LogP contribution in [0.2, 0.25) is 0 Å². The van der Waals surface area contributed by atoms with Crippen LogP contribution in [0.3, 0.4) is 0 Å². The summed E-state index contributed by atoms with van der Waals surface area (Å²) in [5.74, 6) is 1.04. The van der Waals surface area contributed by atoms with E-state index in [-0.39, 0.29) is 11.7 Å². The van der Waals surface area contributed by atoms with Crippen LogP contribution < -0.4 is 0 Å². The summed E-state index contributed by atoms with van der Waals surface area (Å²) in [6, 6.07) is 4.04. The highest BCUT2D eigenvalue weighted by Gasteiger charge is 2.41. The molecule has 0 unspecified atom stereocenters. The first-order chi connectivity index (χ1) is 14.8. The van der Waals surface area contributed by atoms with Crippen LogP contribution in [0.25, 0.3) is 5.65 Å². The van der Waals surface area contributed by atoms with Gasteiger partial charge in [0.1, 0.15) is 0 Å². The summed E-state index contributed by atoms with van der Waals surface area (Å²) < 4.78 is 1.88. The molecular weight excluding hydrogens is 388 g/mol. The van der Waals surface area contributed by atoms with Crippen LogP contribution in [0.5, 0.6) is 0 Å². The number of ketones is 1. The van der Waals surface area contributed by atoms with Gasteiger partial charge in [-0.15, -0.1) is 0 Å². The molecule has 2 fully saturated rings. The molecule has 1 saturated heterocycles. The molecule has 2 aliphatic rings. The molecule has 2 aromatic rings. The number of likely N-dealkylation sites (tertiary alicyclic amines) is 1. The molecule has 1 aliphatic carbocycles. The van der Waals surface area contributed by atoms with Crippen molar-refractivity contribution in [1.29, 1.82) is 0 Å². The van der Waals surface area contributed by atoms with Crippen molar-refractivity contribution in [3.8, 4) is 0 Å². The van der Waals surface area contributed by atoms with Crippen LogP contribution >= 0.6 is 0 Å². The fourth-order valence-corrected chi connectivity index (χ4v) is 5.40. The molecule has 4 rings (SSSR count).